The lowest BCUT2D eigenvalue weighted by atomic mass is 10.0. The zero-order chi connectivity index (χ0) is 21.4. The maximum Gasteiger partial charge on any atom is 0.267 e. The van der Waals surface area contributed by atoms with Crippen LogP contribution in [0.1, 0.15) is 47.3 Å². The van der Waals surface area contributed by atoms with Crippen molar-refractivity contribution in [2.45, 2.75) is 31.3 Å². The fourth-order valence-electron chi connectivity index (χ4n) is 4.41. The molecule has 0 saturated carbocycles. The van der Waals surface area contributed by atoms with E-state index in [1.54, 1.807) is 35.4 Å². The molecule has 2 aliphatic rings. The van der Waals surface area contributed by atoms with E-state index in [1.807, 2.05) is 18.2 Å². The first-order valence-corrected chi connectivity index (χ1v) is 10.4. The number of hydrogen-bond acceptors (Lipinski definition) is 5. The molecule has 1 aromatic carbocycles. The molecule has 1 fully saturated rings. The maximum atomic E-state index is 13.0. The van der Waals surface area contributed by atoms with E-state index in [4.69, 9.17) is 4.42 Å². The summed E-state index contributed by atoms with van der Waals surface area (Å²) in [5.41, 5.74) is 1.87. The Bertz CT molecular complexity index is 1180. The average Bonchev–Trinajstić information content (AvgIpc) is 3.43. The number of aromatic nitrogens is 2. The van der Waals surface area contributed by atoms with E-state index in [0.29, 0.717) is 30.1 Å². The van der Waals surface area contributed by atoms with Crippen LogP contribution >= 0.6 is 0 Å². The molecule has 0 bridgehead atoms. The molecule has 3 aromatic rings. The largest absolute Gasteiger partial charge is 0.463 e. The van der Waals surface area contributed by atoms with Gasteiger partial charge in [0.2, 0.25) is 5.91 Å². The summed E-state index contributed by atoms with van der Waals surface area (Å²) in [6, 6.07) is 13.5. The van der Waals surface area contributed by atoms with Crippen LogP contribution in [0.5, 0.6) is 0 Å². The van der Waals surface area contributed by atoms with Gasteiger partial charge in [0.1, 0.15) is 5.69 Å². The molecule has 2 aromatic heterocycles. The molecule has 1 saturated heterocycles. The Labute approximate surface area is 178 Å². The standard InChI is InChI=1S/C23H22N4O4/c28-21-10-9-18(20-8-4-12-31-20)25-27(21)15-5-3-11-26(14-15)22(29)13-19-16-6-1-2-7-17(16)23(30)24-19/h1-2,4,6-10,12,15,19H,3,5,11,13-14H2,(H,24,30)/t15-,19-/m1/s1. The van der Waals surface area contributed by atoms with Crippen molar-refractivity contribution in [3.63, 3.8) is 0 Å². The van der Waals surface area contributed by atoms with E-state index < -0.39 is 0 Å². The van der Waals surface area contributed by atoms with Crippen LogP contribution in [0.15, 0.2) is 64.0 Å². The van der Waals surface area contributed by atoms with Crippen molar-refractivity contribution in [2.75, 3.05) is 13.1 Å². The summed E-state index contributed by atoms with van der Waals surface area (Å²) in [6.45, 7) is 1.04. The molecule has 158 valence electrons. The minimum atomic E-state index is -0.320. The molecule has 2 aliphatic heterocycles. The van der Waals surface area contributed by atoms with Gasteiger partial charge < -0.3 is 14.6 Å². The van der Waals surface area contributed by atoms with Gasteiger partial charge in [0.15, 0.2) is 5.76 Å². The monoisotopic (exact) mass is 418 g/mol. The second-order valence-corrected chi connectivity index (χ2v) is 7.93. The number of fused-ring (bicyclic) bond motifs is 1. The summed E-state index contributed by atoms with van der Waals surface area (Å²) in [4.78, 5) is 39.4. The first-order chi connectivity index (χ1) is 15.1. The van der Waals surface area contributed by atoms with Crippen LogP contribution in [0.3, 0.4) is 0 Å². The second kappa shape index (κ2) is 7.86. The third kappa shape index (κ3) is 3.65. The lowest BCUT2D eigenvalue weighted by Crippen LogP contribution is -2.44. The number of amides is 2. The molecule has 31 heavy (non-hydrogen) atoms. The molecule has 1 N–H and O–H groups in total. The van der Waals surface area contributed by atoms with Gasteiger partial charge in [0.05, 0.1) is 24.8 Å². The van der Waals surface area contributed by atoms with Gasteiger partial charge in [-0.1, -0.05) is 18.2 Å². The Morgan fingerprint density at radius 1 is 1.13 bits per heavy atom. The van der Waals surface area contributed by atoms with Crippen molar-refractivity contribution in [1.29, 1.82) is 0 Å². The van der Waals surface area contributed by atoms with Gasteiger partial charge >= 0.3 is 0 Å². The minimum Gasteiger partial charge on any atom is -0.463 e. The molecule has 2 atom stereocenters. The molecule has 4 heterocycles. The Kier molecular flexibility index (Phi) is 4.89. The number of rotatable bonds is 4. The number of likely N-dealkylation sites (tertiary alicyclic amines) is 1. The molecule has 8 heteroatoms. The molecule has 0 radical (unpaired) electrons. The SMILES string of the molecule is O=C1N[C@H](CC(=O)N2CCC[C@@H](n3nc(-c4ccco4)ccc3=O)C2)c2ccccc21. The molecule has 0 unspecified atom stereocenters. The van der Waals surface area contributed by atoms with Crippen LogP contribution in [-0.2, 0) is 4.79 Å². The molecule has 5 rings (SSSR count). The lowest BCUT2D eigenvalue weighted by Gasteiger charge is -2.33. The number of furan rings is 1. The van der Waals surface area contributed by atoms with Gasteiger partial charge in [-0.3, -0.25) is 14.4 Å². The van der Waals surface area contributed by atoms with Gasteiger partial charge in [-0.2, -0.15) is 5.10 Å². The minimum absolute atomic E-state index is 0.0399. The zero-order valence-electron chi connectivity index (χ0n) is 16.9. The normalized spacial score (nSPS) is 20.4. The number of nitrogens with zero attached hydrogens (tertiary/aromatic N) is 3. The van der Waals surface area contributed by atoms with Gasteiger partial charge in [-0.05, 0) is 42.7 Å². The maximum absolute atomic E-state index is 13.0. The zero-order valence-corrected chi connectivity index (χ0v) is 16.9. The lowest BCUT2D eigenvalue weighted by molar-refractivity contribution is -0.133. The summed E-state index contributed by atoms with van der Waals surface area (Å²) in [7, 11) is 0. The summed E-state index contributed by atoms with van der Waals surface area (Å²) in [5.74, 6) is 0.408. The van der Waals surface area contributed by atoms with E-state index in [1.165, 1.54) is 10.7 Å². The van der Waals surface area contributed by atoms with Crippen LogP contribution in [0.2, 0.25) is 0 Å². The molecule has 8 nitrogen and oxygen atoms in total. The summed E-state index contributed by atoms with van der Waals surface area (Å²) in [5, 5.41) is 7.39. The van der Waals surface area contributed by atoms with Crippen LogP contribution in [-0.4, -0.2) is 39.6 Å². The van der Waals surface area contributed by atoms with Crippen LogP contribution in [0.4, 0.5) is 0 Å². The number of benzene rings is 1. The van der Waals surface area contributed by atoms with Gasteiger partial charge in [-0.15, -0.1) is 0 Å². The highest BCUT2D eigenvalue weighted by molar-refractivity contribution is 5.99. The highest BCUT2D eigenvalue weighted by atomic mass is 16.3. The van der Waals surface area contributed by atoms with E-state index >= 15 is 0 Å². The molecular weight excluding hydrogens is 396 g/mol. The summed E-state index contributed by atoms with van der Waals surface area (Å²) >= 11 is 0. The van der Waals surface area contributed by atoms with Crippen molar-refractivity contribution in [3.05, 3.63) is 76.3 Å². The van der Waals surface area contributed by atoms with E-state index in [-0.39, 0.29) is 35.9 Å². The number of carbonyl (C=O) groups excluding carboxylic acids is 2. The fourth-order valence-corrected chi connectivity index (χ4v) is 4.41. The number of carbonyl (C=O) groups is 2. The van der Waals surface area contributed by atoms with Crippen molar-refractivity contribution in [1.82, 2.24) is 20.0 Å². The van der Waals surface area contributed by atoms with Crippen LogP contribution in [0, 0.1) is 0 Å². The Morgan fingerprint density at radius 2 is 2.00 bits per heavy atom. The Morgan fingerprint density at radius 3 is 2.84 bits per heavy atom. The quantitative estimate of drug-likeness (QED) is 0.702. The number of piperidine rings is 1. The number of nitrogens with one attached hydrogen (secondary N) is 1. The second-order valence-electron chi connectivity index (χ2n) is 7.93. The molecule has 0 aliphatic carbocycles. The third-order valence-electron chi connectivity index (χ3n) is 5.96. The van der Waals surface area contributed by atoms with Gasteiger partial charge in [0.25, 0.3) is 11.5 Å². The van der Waals surface area contributed by atoms with E-state index in [0.717, 1.165) is 18.4 Å². The smallest absolute Gasteiger partial charge is 0.267 e. The summed E-state index contributed by atoms with van der Waals surface area (Å²) < 4.78 is 6.86. The van der Waals surface area contributed by atoms with Crippen molar-refractivity contribution in [2.24, 2.45) is 0 Å². The predicted molar refractivity (Wildman–Crippen MR) is 112 cm³/mol. The molecule has 0 spiro atoms. The van der Waals surface area contributed by atoms with E-state index in [9.17, 15) is 14.4 Å². The topological polar surface area (TPSA) is 97.4 Å². The van der Waals surface area contributed by atoms with E-state index in [2.05, 4.69) is 10.4 Å². The first kappa shape index (κ1) is 19.3. The van der Waals surface area contributed by atoms with Crippen LogP contribution < -0.4 is 10.9 Å². The first-order valence-electron chi connectivity index (χ1n) is 10.4. The predicted octanol–water partition coefficient (Wildman–Crippen LogP) is 2.54. The number of hydrogen-bond donors (Lipinski definition) is 1. The van der Waals surface area contributed by atoms with Crippen molar-refractivity contribution >= 4 is 11.8 Å². The van der Waals surface area contributed by atoms with Gasteiger partial charge in [0, 0.05) is 24.7 Å². The Balaban J connectivity index is 1.32. The Hall–Kier alpha value is -3.68. The van der Waals surface area contributed by atoms with Gasteiger partial charge in [-0.25, -0.2) is 4.68 Å². The highest BCUT2D eigenvalue weighted by Crippen LogP contribution is 2.29. The third-order valence-corrected chi connectivity index (χ3v) is 5.96. The molecule has 2 amide bonds. The molecular formula is C23H22N4O4. The average molecular weight is 418 g/mol. The van der Waals surface area contributed by atoms with Crippen molar-refractivity contribution in [3.8, 4) is 11.5 Å². The van der Waals surface area contributed by atoms with Crippen molar-refractivity contribution < 1.29 is 14.0 Å². The highest BCUT2D eigenvalue weighted by Gasteiger charge is 2.33. The van der Waals surface area contributed by atoms with Crippen LogP contribution in [0.25, 0.3) is 11.5 Å². The summed E-state index contributed by atoms with van der Waals surface area (Å²) in [6.07, 6.45) is 3.31. The fraction of sp³-hybridized carbons (Fsp3) is 0.304.